The Morgan fingerprint density at radius 3 is 2.32 bits per heavy atom. The van der Waals surface area contributed by atoms with Crippen molar-refractivity contribution in [2.24, 2.45) is 0 Å². The molecule has 2 N–H and O–H groups in total. The van der Waals surface area contributed by atoms with Crippen LogP contribution >= 0.6 is 0 Å². The summed E-state index contributed by atoms with van der Waals surface area (Å²) < 4.78 is 5.80. The summed E-state index contributed by atoms with van der Waals surface area (Å²) in [4.78, 5) is 4.28. The Morgan fingerprint density at radius 1 is 1.16 bits per heavy atom. The normalized spacial score (nSPS) is 10.0. The first-order chi connectivity index (χ1) is 9.01. The van der Waals surface area contributed by atoms with Gasteiger partial charge in [0.1, 0.15) is 5.75 Å². The van der Waals surface area contributed by atoms with Crippen LogP contribution in [0.15, 0.2) is 24.3 Å². The molecule has 0 aliphatic carbocycles. The Hall–Kier alpha value is -2.54. The van der Waals surface area contributed by atoms with Crippen molar-refractivity contribution in [1.82, 2.24) is 4.98 Å². The number of benzene rings is 1. The number of hydrogen-bond donors (Lipinski definition) is 1. The van der Waals surface area contributed by atoms with E-state index in [0.29, 0.717) is 17.1 Å². The fraction of sp³-hybridized carbons (Fsp3) is 0.200. The Morgan fingerprint density at radius 2 is 1.79 bits per heavy atom. The van der Waals surface area contributed by atoms with Gasteiger partial charge in [-0.2, -0.15) is 5.26 Å². The molecule has 0 amide bonds. The van der Waals surface area contributed by atoms with Crippen LogP contribution in [0.4, 0.5) is 5.69 Å². The summed E-state index contributed by atoms with van der Waals surface area (Å²) in [5.74, 6) is 1.23. The number of nitrogen functional groups attached to an aromatic ring is 1. The van der Waals surface area contributed by atoms with Gasteiger partial charge in [0.15, 0.2) is 0 Å². The number of pyridine rings is 1. The second-order valence-electron chi connectivity index (χ2n) is 4.48. The van der Waals surface area contributed by atoms with E-state index in [9.17, 15) is 0 Å². The molecule has 0 radical (unpaired) electrons. The molecule has 1 heterocycles. The number of anilines is 1. The lowest BCUT2D eigenvalue weighted by atomic mass is 10.1. The summed E-state index contributed by atoms with van der Waals surface area (Å²) in [6.45, 7) is 5.65. The fourth-order valence-electron chi connectivity index (χ4n) is 1.89. The zero-order valence-corrected chi connectivity index (χ0v) is 11.2. The van der Waals surface area contributed by atoms with Crippen molar-refractivity contribution in [3.05, 3.63) is 46.6 Å². The van der Waals surface area contributed by atoms with Crippen molar-refractivity contribution in [2.75, 3.05) is 5.73 Å². The first-order valence-corrected chi connectivity index (χ1v) is 5.93. The maximum atomic E-state index is 8.92. The van der Waals surface area contributed by atoms with Crippen molar-refractivity contribution < 1.29 is 4.74 Å². The highest BCUT2D eigenvalue weighted by atomic mass is 16.5. The molecule has 0 aliphatic heterocycles. The van der Waals surface area contributed by atoms with Crippen molar-refractivity contribution >= 4 is 5.69 Å². The molecule has 0 fully saturated rings. The third-order valence-corrected chi connectivity index (χ3v) is 2.90. The minimum absolute atomic E-state index is 0.502. The lowest BCUT2D eigenvalue weighted by Gasteiger charge is -2.12. The second-order valence-corrected chi connectivity index (χ2v) is 4.48. The Labute approximate surface area is 112 Å². The number of aryl methyl sites for hydroxylation is 3. The molecule has 1 aromatic carbocycles. The highest BCUT2D eigenvalue weighted by molar-refractivity contribution is 5.49. The quantitative estimate of drug-likeness (QED) is 0.891. The molecule has 19 heavy (non-hydrogen) atoms. The third-order valence-electron chi connectivity index (χ3n) is 2.90. The van der Waals surface area contributed by atoms with Crippen LogP contribution in [-0.4, -0.2) is 4.98 Å². The molecule has 0 spiro atoms. The summed E-state index contributed by atoms with van der Waals surface area (Å²) in [6.07, 6.45) is 0. The van der Waals surface area contributed by atoms with E-state index in [-0.39, 0.29) is 0 Å². The van der Waals surface area contributed by atoms with Gasteiger partial charge in [0.25, 0.3) is 0 Å². The van der Waals surface area contributed by atoms with Gasteiger partial charge in [-0.05, 0) is 50.1 Å². The highest BCUT2D eigenvalue weighted by Crippen LogP contribution is 2.29. The number of nitrogens with zero attached hydrogens (tertiary/aromatic N) is 2. The van der Waals surface area contributed by atoms with Crippen LogP contribution in [0.5, 0.6) is 11.6 Å². The number of ether oxygens (including phenoxy) is 1. The molecular weight excluding hydrogens is 238 g/mol. The summed E-state index contributed by atoms with van der Waals surface area (Å²) in [7, 11) is 0. The molecule has 96 valence electrons. The van der Waals surface area contributed by atoms with Crippen molar-refractivity contribution in [3.63, 3.8) is 0 Å². The molecule has 0 saturated heterocycles. The number of hydrogen-bond acceptors (Lipinski definition) is 4. The molecule has 1 aromatic heterocycles. The van der Waals surface area contributed by atoms with Crippen LogP contribution in [0.2, 0.25) is 0 Å². The van der Waals surface area contributed by atoms with Crippen molar-refractivity contribution in [2.45, 2.75) is 20.8 Å². The van der Waals surface area contributed by atoms with Gasteiger partial charge in [0.05, 0.1) is 23.0 Å². The third kappa shape index (κ3) is 2.66. The molecule has 2 aromatic rings. The van der Waals surface area contributed by atoms with E-state index in [4.69, 9.17) is 15.7 Å². The lowest BCUT2D eigenvalue weighted by molar-refractivity contribution is 0.455. The van der Waals surface area contributed by atoms with Crippen molar-refractivity contribution in [1.29, 1.82) is 5.26 Å². The fourth-order valence-corrected chi connectivity index (χ4v) is 1.89. The highest BCUT2D eigenvalue weighted by Gasteiger charge is 2.09. The summed E-state index contributed by atoms with van der Waals surface area (Å²) >= 11 is 0. The van der Waals surface area contributed by atoms with E-state index in [2.05, 4.69) is 11.1 Å². The van der Waals surface area contributed by atoms with Crippen LogP contribution in [-0.2, 0) is 0 Å². The lowest BCUT2D eigenvalue weighted by Crippen LogP contribution is -1.97. The standard InChI is InChI=1S/C15H15N3O/c1-9-6-12(8-16)7-10(2)15(9)19-14-5-4-13(17)11(3)18-14/h4-7H,17H2,1-3H3. The van der Waals surface area contributed by atoms with E-state index in [1.807, 2.05) is 20.8 Å². The maximum absolute atomic E-state index is 8.92. The molecule has 0 aliphatic rings. The second kappa shape index (κ2) is 4.99. The van der Waals surface area contributed by atoms with E-state index in [0.717, 1.165) is 22.6 Å². The van der Waals surface area contributed by atoms with Gasteiger partial charge in [-0.25, -0.2) is 4.98 Å². The average molecular weight is 253 g/mol. The Kier molecular flexibility index (Phi) is 3.39. The number of nitrogens with two attached hydrogens (primary N) is 1. The Balaban J connectivity index is 2.38. The SMILES string of the molecule is Cc1cc(C#N)cc(C)c1Oc1ccc(N)c(C)n1. The zero-order valence-electron chi connectivity index (χ0n) is 11.2. The summed E-state index contributed by atoms with van der Waals surface area (Å²) in [5, 5.41) is 8.92. The van der Waals surface area contributed by atoms with Crippen LogP contribution in [0.25, 0.3) is 0 Å². The minimum atomic E-state index is 0.502. The van der Waals surface area contributed by atoms with Crippen LogP contribution < -0.4 is 10.5 Å². The van der Waals surface area contributed by atoms with E-state index in [1.54, 1.807) is 24.3 Å². The number of nitriles is 1. The molecule has 0 atom stereocenters. The van der Waals surface area contributed by atoms with Gasteiger partial charge in [0, 0.05) is 6.07 Å². The van der Waals surface area contributed by atoms with Crippen LogP contribution in [0, 0.1) is 32.1 Å². The Bertz CT molecular complexity index is 649. The van der Waals surface area contributed by atoms with Gasteiger partial charge in [-0.1, -0.05) is 0 Å². The summed E-state index contributed by atoms with van der Waals surface area (Å²) in [5.41, 5.74) is 9.55. The van der Waals surface area contributed by atoms with Crippen molar-refractivity contribution in [3.8, 4) is 17.7 Å². The average Bonchev–Trinajstić information content (AvgIpc) is 2.37. The molecule has 0 saturated carbocycles. The van der Waals surface area contributed by atoms with Gasteiger partial charge in [0.2, 0.25) is 5.88 Å². The zero-order chi connectivity index (χ0) is 14.0. The molecule has 4 heteroatoms. The number of rotatable bonds is 2. The molecule has 0 unspecified atom stereocenters. The molecule has 4 nitrogen and oxygen atoms in total. The topological polar surface area (TPSA) is 71.9 Å². The maximum Gasteiger partial charge on any atom is 0.219 e. The minimum Gasteiger partial charge on any atom is -0.438 e. The van der Waals surface area contributed by atoms with Gasteiger partial charge in [-0.3, -0.25) is 0 Å². The van der Waals surface area contributed by atoms with Crippen LogP contribution in [0.1, 0.15) is 22.4 Å². The van der Waals surface area contributed by atoms with Gasteiger partial charge >= 0.3 is 0 Å². The van der Waals surface area contributed by atoms with E-state index in [1.165, 1.54) is 0 Å². The largest absolute Gasteiger partial charge is 0.438 e. The monoisotopic (exact) mass is 253 g/mol. The van der Waals surface area contributed by atoms with Gasteiger partial charge < -0.3 is 10.5 Å². The first-order valence-electron chi connectivity index (χ1n) is 5.93. The first kappa shape index (κ1) is 12.9. The predicted octanol–water partition coefficient (Wildman–Crippen LogP) is 3.25. The summed E-state index contributed by atoms with van der Waals surface area (Å²) in [6, 6.07) is 9.23. The molecular formula is C15H15N3O. The van der Waals surface area contributed by atoms with E-state index < -0.39 is 0 Å². The molecule has 0 bridgehead atoms. The molecule has 2 rings (SSSR count). The van der Waals surface area contributed by atoms with E-state index >= 15 is 0 Å². The smallest absolute Gasteiger partial charge is 0.219 e. The van der Waals surface area contributed by atoms with Crippen LogP contribution in [0.3, 0.4) is 0 Å². The van der Waals surface area contributed by atoms with Gasteiger partial charge in [-0.15, -0.1) is 0 Å². The predicted molar refractivity (Wildman–Crippen MR) is 74.1 cm³/mol. The number of aromatic nitrogens is 1.